The van der Waals surface area contributed by atoms with Gasteiger partial charge in [0.25, 0.3) is 0 Å². The Morgan fingerprint density at radius 1 is 1.00 bits per heavy atom. The number of rotatable bonds is 4. The normalized spacial score (nSPS) is 11.1. The molecule has 1 heterocycles. The van der Waals surface area contributed by atoms with Gasteiger partial charge in [0.05, 0.1) is 5.56 Å². The molecule has 0 saturated carbocycles. The van der Waals surface area contributed by atoms with E-state index in [2.05, 4.69) is 4.98 Å². The summed E-state index contributed by atoms with van der Waals surface area (Å²) < 4.78 is 0. The molecule has 2 N–H and O–H groups in total. The van der Waals surface area contributed by atoms with Gasteiger partial charge in [0.15, 0.2) is 5.78 Å². The number of hydrogen-bond donors (Lipinski definition) is 2. The molecular formula is C18H13NO3. The number of aromatic carboxylic acids is 1. The molecule has 0 atom stereocenters. The van der Waals surface area contributed by atoms with E-state index in [1.807, 2.05) is 24.3 Å². The van der Waals surface area contributed by atoms with Gasteiger partial charge in [0.1, 0.15) is 0 Å². The van der Waals surface area contributed by atoms with Crippen molar-refractivity contribution in [1.82, 2.24) is 4.98 Å². The molecule has 22 heavy (non-hydrogen) atoms. The SMILES string of the molecule is O=C(O)c1ccc(/C=C/C(=O)c2c[nH]c3ccccc23)cc1. The summed E-state index contributed by atoms with van der Waals surface area (Å²) >= 11 is 0. The Hall–Kier alpha value is -3.14. The molecular weight excluding hydrogens is 278 g/mol. The molecule has 0 aliphatic heterocycles. The summed E-state index contributed by atoms with van der Waals surface area (Å²) in [6.07, 6.45) is 4.87. The van der Waals surface area contributed by atoms with E-state index in [1.165, 1.54) is 18.2 Å². The monoisotopic (exact) mass is 291 g/mol. The number of hydrogen-bond acceptors (Lipinski definition) is 2. The Kier molecular flexibility index (Phi) is 3.58. The van der Waals surface area contributed by atoms with Crippen molar-refractivity contribution in [2.24, 2.45) is 0 Å². The number of benzene rings is 2. The van der Waals surface area contributed by atoms with Crippen molar-refractivity contribution < 1.29 is 14.7 Å². The molecule has 1 aromatic heterocycles. The third-order valence-electron chi connectivity index (χ3n) is 3.44. The highest BCUT2D eigenvalue weighted by Crippen LogP contribution is 2.18. The molecule has 4 heteroatoms. The number of carboxylic acids is 1. The topological polar surface area (TPSA) is 70.2 Å². The van der Waals surface area contributed by atoms with E-state index in [9.17, 15) is 9.59 Å². The Bertz CT molecular complexity index is 873. The summed E-state index contributed by atoms with van der Waals surface area (Å²) in [6.45, 7) is 0. The zero-order chi connectivity index (χ0) is 15.5. The summed E-state index contributed by atoms with van der Waals surface area (Å²) in [5, 5.41) is 9.73. The summed E-state index contributed by atoms with van der Waals surface area (Å²) in [5.41, 5.74) is 2.54. The zero-order valence-corrected chi connectivity index (χ0v) is 11.6. The molecule has 0 fully saturated rings. The molecule has 0 amide bonds. The third kappa shape index (κ3) is 2.67. The smallest absolute Gasteiger partial charge is 0.335 e. The van der Waals surface area contributed by atoms with Crippen molar-refractivity contribution in [2.45, 2.75) is 0 Å². The second-order valence-electron chi connectivity index (χ2n) is 4.87. The maximum absolute atomic E-state index is 12.3. The van der Waals surface area contributed by atoms with Crippen LogP contribution in [0.15, 0.2) is 60.8 Å². The number of carbonyl (C=O) groups excluding carboxylic acids is 1. The molecule has 3 rings (SSSR count). The second kappa shape index (κ2) is 5.69. The lowest BCUT2D eigenvalue weighted by Gasteiger charge is -1.96. The van der Waals surface area contributed by atoms with Gasteiger partial charge in [0.2, 0.25) is 0 Å². The van der Waals surface area contributed by atoms with Crippen LogP contribution in [0, 0.1) is 0 Å². The van der Waals surface area contributed by atoms with E-state index in [0.29, 0.717) is 5.56 Å². The number of nitrogens with one attached hydrogen (secondary N) is 1. The second-order valence-corrected chi connectivity index (χ2v) is 4.87. The minimum atomic E-state index is -0.967. The quantitative estimate of drug-likeness (QED) is 0.568. The Morgan fingerprint density at radius 2 is 1.73 bits per heavy atom. The van der Waals surface area contributed by atoms with Crippen LogP contribution < -0.4 is 0 Å². The molecule has 0 aliphatic carbocycles. The number of allylic oxidation sites excluding steroid dienone is 1. The first kappa shape index (κ1) is 13.8. The molecule has 108 valence electrons. The van der Waals surface area contributed by atoms with Crippen LogP contribution >= 0.6 is 0 Å². The van der Waals surface area contributed by atoms with Crippen molar-refractivity contribution in [3.63, 3.8) is 0 Å². The minimum absolute atomic E-state index is 0.0974. The number of carbonyl (C=O) groups is 2. The van der Waals surface area contributed by atoms with Gasteiger partial charge in [-0.05, 0) is 29.8 Å². The summed E-state index contributed by atoms with van der Waals surface area (Å²) in [4.78, 5) is 26.1. The number of aromatic nitrogens is 1. The van der Waals surface area contributed by atoms with E-state index in [0.717, 1.165) is 16.5 Å². The molecule has 3 aromatic rings. The van der Waals surface area contributed by atoms with Gasteiger partial charge in [-0.3, -0.25) is 4.79 Å². The lowest BCUT2D eigenvalue weighted by molar-refractivity contribution is 0.0696. The average molecular weight is 291 g/mol. The van der Waals surface area contributed by atoms with Crippen LogP contribution in [0.2, 0.25) is 0 Å². The van der Waals surface area contributed by atoms with Crippen LogP contribution in [0.5, 0.6) is 0 Å². The minimum Gasteiger partial charge on any atom is -0.478 e. The van der Waals surface area contributed by atoms with Gasteiger partial charge >= 0.3 is 5.97 Å². The van der Waals surface area contributed by atoms with Crippen molar-refractivity contribution in [3.8, 4) is 0 Å². The van der Waals surface area contributed by atoms with Gasteiger partial charge < -0.3 is 10.1 Å². The van der Waals surface area contributed by atoms with Gasteiger partial charge in [-0.1, -0.05) is 36.4 Å². The van der Waals surface area contributed by atoms with Gasteiger partial charge in [-0.15, -0.1) is 0 Å². The fraction of sp³-hybridized carbons (Fsp3) is 0. The average Bonchev–Trinajstić information content (AvgIpc) is 2.97. The maximum atomic E-state index is 12.3. The first-order valence-corrected chi connectivity index (χ1v) is 6.77. The van der Waals surface area contributed by atoms with E-state index < -0.39 is 5.97 Å². The summed E-state index contributed by atoms with van der Waals surface area (Å²) in [5.74, 6) is -1.06. The maximum Gasteiger partial charge on any atom is 0.335 e. The van der Waals surface area contributed by atoms with Crippen molar-refractivity contribution in [2.75, 3.05) is 0 Å². The number of para-hydroxylation sites is 1. The lowest BCUT2D eigenvalue weighted by atomic mass is 10.1. The molecule has 0 spiro atoms. The molecule has 0 saturated heterocycles. The first-order chi connectivity index (χ1) is 10.6. The highest BCUT2D eigenvalue weighted by atomic mass is 16.4. The molecule has 0 bridgehead atoms. The van der Waals surface area contributed by atoms with Crippen LogP contribution in [0.25, 0.3) is 17.0 Å². The zero-order valence-electron chi connectivity index (χ0n) is 11.6. The molecule has 4 nitrogen and oxygen atoms in total. The standard InChI is InChI=1S/C18H13NO3/c20-17(15-11-19-16-4-2-1-3-14(15)16)10-7-12-5-8-13(9-6-12)18(21)22/h1-11,19H,(H,21,22)/b10-7+. The summed E-state index contributed by atoms with van der Waals surface area (Å²) in [6, 6.07) is 14.0. The van der Waals surface area contributed by atoms with Gasteiger partial charge in [-0.25, -0.2) is 4.79 Å². The first-order valence-electron chi connectivity index (χ1n) is 6.77. The molecule has 2 aromatic carbocycles. The Labute approximate surface area is 126 Å². The molecule has 0 aliphatic rings. The predicted octanol–water partition coefficient (Wildman–Crippen LogP) is 3.76. The fourth-order valence-corrected chi connectivity index (χ4v) is 2.27. The van der Waals surface area contributed by atoms with Crippen LogP contribution in [0.4, 0.5) is 0 Å². The van der Waals surface area contributed by atoms with Crippen LogP contribution in [-0.4, -0.2) is 21.8 Å². The van der Waals surface area contributed by atoms with E-state index in [-0.39, 0.29) is 11.3 Å². The van der Waals surface area contributed by atoms with Crippen molar-refractivity contribution in [1.29, 1.82) is 0 Å². The van der Waals surface area contributed by atoms with Crippen molar-refractivity contribution in [3.05, 3.63) is 77.5 Å². The van der Waals surface area contributed by atoms with E-state index in [4.69, 9.17) is 5.11 Å². The third-order valence-corrected chi connectivity index (χ3v) is 3.44. The lowest BCUT2D eigenvalue weighted by Crippen LogP contribution is -1.95. The molecule has 0 radical (unpaired) electrons. The van der Waals surface area contributed by atoms with Gasteiger partial charge in [0, 0.05) is 22.7 Å². The van der Waals surface area contributed by atoms with Crippen LogP contribution in [0.3, 0.4) is 0 Å². The fourth-order valence-electron chi connectivity index (χ4n) is 2.27. The van der Waals surface area contributed by atoms with E-state index in [1.54, 1.807) is 24.4 Å². The largest absolute Gasteiger partial charge is 0.478 e. The number of H-pyrrole nitrogens is 1. The van der Waals surface area contributed by atoms with E-state index >= 15 is 0 Å². The Balaban J connectivity index is 1.83. The molecule has 0 unspecified atom stereocenters. The summed E-state index contributed by atoms with van der Waals surface area (Å²) in [7, 11) is 0. The van der Waals surface area contributed by atoms with Crippen LogP contribution in [0.1, 0.15) is 26.3 Å². The van der Waals surface area contributed by atoms with Crippen LogP contribution in [-0.2, 0) is 0 Å². The number of aromatic amines is 1. The predicted molar refractivity (Wildman–Crippen MR) is 85.1 cm³/mol. The number of carboxylic acid groups (broad SMARTS) is 1. The van der Waals surface area contributed by atoms with Crippen molar-refractivity contribution >= 4 is 28.7 Å². The number of ketones is 1. The Morgan fingerprint density at radius 3 is 2.45 bits per heavy atom. The van der Waals surface area contributed by atoms with Gasteiger partial charge in [-0.2, -0.15) is 0 Å². The highest BCUT2D eigenvalue weighted by Gasteiger charge is 2.08. The number of fused-ring (bicyclic) bond motifs is 1. The highest BCUT2D eigenvalue weighted by molar-refractivity contribution is 6.14.